The molecule has 7 nitrogen and oxygen atoms in total. The van der Waals surface area contributed by atoms with Crippen molar-refractivity contribution < 1.29 is 45.1 Å². The third-order valence-electron chi connectivity index (χ3n) is 6.07. The van der Waals surface area contributed by atoms with Gasteiger partial charge in [0.25, 0.3) is 18.3 Å². The van der Waals surface area contributed by atoms with E-state index in [9.17, 15) is 40.3 Å². The summed E-state index contributed by atoms with van der Waals surface area (Å²) in [5.41, 5.74) is -1.69. The van der Waals surface area contributed by atoms with Crippen LogP contribution < -0.4 is 5.32 Å². The highest BCUT2D eigenvalue weighted by Gasteiger charge is 2.46. The van der Waals surface area contributed by atoms with E-state index < -0.39 is 78.9 Å². The van der Waals surface area contributed by atoms with Crippen LogP contribution in [-0.4, -0.2) is 64.1 Å². The number of anilines is 1. The van der Waals surface area contributed by atoms with Crippen LogP contribution in [0.15, 0.2) is 12.3 Å². The van der Waals surface area contributed by atoms with E-state index in [1.54, 1.807) is 0 Å². The fourth-order valence-electron chi connectivity index (χ4n) is 4.04. The van der Waals surface area contributed by atoms with Gasteiger partial charge in [0, 0.05) is 29.8 Å². The summed E-state index contributed by atoms with van der Waals surface area (Å²) in [6.07, 6.45) is -6.84. The maximum Gasteiger partial charge on any atom is 0.408 e. The third-order valence-corrected chi connectivity index (χ3v) is 7.13. The number of hydrogen-bond donors (Lipinski definition) is 1. The molecule has 0 radical (unpaired) electrons. The molecule has 0 saturated carbocycles. The first-order valence-electron chi connectivity index (χ1n) is 12.2. The van der Waals surface area contributed by atoms with Gasteiger partial charge in [-0.2, -0.15) is 13.2 Å². The van der Waals surface area contributed by atoms with E-state index in [4.69, 9.17) is 4.74 Å². The molecule has 1 fully saturated rings. The summed E-state index contributed by atoms with van der Waals surface area (Å²) in [7, 11) is 0. The van der Waals surface area contributed by atoms with E-state index in [1.807, 2.05) is 6.92 Å². The third kappa shape index (κ3) is 7.17. The summed E-state index contributed by atoms with van der Waals surface area (Å²) < 4.78 is 101. The van der Waals surface area contributed by atoms with Gasteiger partial charge in [-0.05, 0) is 25.8 Å². The highest BCUT2D eigenvalue weighted by atomic mass is 32.1. The summed E-state index contributed by atoms with van der Waals surface area (Å²) in [6.45, 7) is 3.60. The van der Waals surface area contributed by atoms with E-state index in [0.717, 1.165) is 11.1 Å². The zero-order chi connectivity index (χ0) is 29.1. The molecule has 2 aromatic rings. The van der Waals surface area contributed by atoms with Gasteiger partial charge in [-0.3, -0.25) is 4.79 Å². The van der Waals surface area contributed by atoms with Crippen LogP contribution in [0.3, 0.4) is 0 Å². The Balaban J connectivity index is 2.08. The molecule has 0 unspecified atom stereocenters. The molecule has 0 aliphatic carbocycles. The van der Waals surface area contributed by atoms with Crippen LogP contribution in [-0.2, 0) is 4.74 Å². The number of nitrogens with zero attached hydrogens (tertiary/aromatic N) is 3. The average molecular weight is 585 g/mol. The first kappa shape index (κ1) is 30.6. The Morgan fingerprint density at radius 3 is 2.51 bits per heavy atom. The topological polar surface area (TPSA) is 84.4 Å². The van der Waals surface area contributed by atoms with Crippen molar-refractivity contribution >= 4 is 29.0 Å². The predicted octanol–water partition coefficient (Wildman–Crippen LogP) is 6.72. The SMILES string of the molecule is CCCCOC(=O)c1nc(C(=O)N2CC(F)(F)C[C@@H]2C)c(-c2cnc(N[C@@H](CC)C(F)(F)F)cc2C(F)F)s1. The molecule has 216 valence electrons. The number of pyridine rings is 1. The van der Waals surface area contributed by atoms with Crippen LogP contribution >= 0.6 is 11.3 Å². The lowest BCUT2D eigenvalue weighted by Crippen LogP contribution is -2.36. The molecule has 2 atom stereocenters. The van der Waals surface area contributed by atoms with Gasteiger partial charge in [0.15, 0.2) is 0 Å². The first-order valence-corrected chi connectivity index (χ1v) is 13.0. The van der Waals surface area contributed by atoms with Gasteiger partial charge in [0.1, 0.15) is 17.6 Å². The van der Waals surface area contributed by atoms with Crippen LogP contribution in [0.4, 0.5) is 36.6 Å². The number of carbonyl (C=O) groups excluding carboxylic acids is 2. The van der Waals surface area contributed by atoms with Crippen molar-refractivity contribution in [3.8, 4) is 10.4 Å². The lowest BCUT2D eigenvalue weighted by Gasteiger charge is -2.22. The number of rotatable bonds is 10. The fourth-order valence-corrected chi connectivity index (χ4v) is 5.02. The lowest BCUT2D eigenvalue weighted by atomic mass is 10.1. The van der Waals surface area contributed by atoms with Crippen LogP contribution in [0.25, 0.3) is 10.4 Å². The van der Waals surface area contributed by atoms with Crippen molar-refractivity contribution in [2.75, 3.05) is 18.5 Å². The molecule has 0 aromatic carbocycles. The molecule has 1 aliphatic rings. The minimum atomic E-state index is -4.67. The monoisotopic (exact) mass is 584 g/mol. The predicted molar refractivity (Wildman–Crippen MR) is 129 cm³/mol. The summed E-state index contributed by atoms with van der Waals surface area (Å²) in [6, 6.07) is -2.24. The normalized spacial score (nSPS) is 17.9. The molecule has 1 N–H and O–H groups in total. The minimum Gasteiger partial charge on any atom is -0.460 e. The van der Waals surface area contributed by atoms with Crippen molar-refractivity contribution in [3.63, 3.8) is 0 Å². The second-order valence-corrected chi connectivity index (χ2v) is 10.1. The van der Waals surface area contributed by atoms with Crippen molar-refractivity contribution in [1.82, 2.24) is 14.9 Å². The van der Waals surface area contributed by atoms with Gasteiger partial charge in [-0.1, -0.05) is 20.3 Å². The van der Waals surface area contributed by atoms with Gasteiger partial charge >= 0.3 is 12.1 Å². The highest BCUT2D eigenvalue weighted by Crippen LogP contribution is 2.40. The van der Waals surface area contributed by atoms with E-state index >= 15 is 0 Å². The molecule has 1 aliphatic heterocycles. The molecule has 1 amide bonds. The van der Waals surface area contributed by atoms with E-state index in [-0.39, 0.29) is 22.1 Å². The zero-order valence-electron chi connectivity index (χ0n) is 21.2. The van der Waals surface area contributed by atoms with Gasteiger partial charge in [0.05, 0.1) is 18.0 Å². The number of aromatic nitrogens is 2. The highest BCUT2D eigenvalue weighted by molar-refractivity contribution is 7.17. The van der Waals surface area contributed by atoms with Gasteiger partial charge in [0.2, 0.25) is 5.01 Å². The number of carbonyl (C=O) groups is 2. The molecule has 3 heterocycles. The maximum absolute atomic E-state index is 14.1. The molecule has 1 saturated heterocycles. The lowest BCUT2D eigenvalue weighted by molar-refractivity contribution is -0.142. The number of amides is 1. The van der Waals surface area contributed by atoms with E-state index in [0.29, 0.717) is 30.2 Å². The van der Waals surface area contributed by atoms with E-state index in [1.165, 1.54) is 13.8 Å². The van der Waals surface area contributed by atoms with Crippen molar-refractivity contribution in [2.24, 2.45) is 0 Å². The molecular formula is C24H27F7N4O3S. The molecule has 0 bridgehead atoms. The zero-order valence-corrected chi connectivity index (χ0v) is 22.1. The number of hydrogen-bond acceptors (Lipinski definition) is 7. The van der Waals surface area contributed by atoms with Crippen molar-refractivity contribution in [2.45, 2.75) is 77.1 Å². The van der Waals surface area contributed by atoms with Crippen LogP contribution in [0.5, 0.6) is 0 Å². The van der Waals surface area contributed by atoms with Crippen LogP contribution in [0.1, 0.15) is 78.7 Å². The molecular weight excluding hydrogens is 557 g/mol. The fraction of sp³-hybridized carbons (Fsp3) is 0.583. The smallest absolute Gasteiger partial charge is 0.408 e. The number of unbranched alkanes of at least 4 members (excludes halogenated alkanes) is 1. The number of thiazole rings is 1. The Bertz CT molecular complexity index is 1190. The standard InChI is InChI=1S/C24H27F7N4O3S/c1-4-6-7-38-22(37)20-34-17(21(36)35-11-23(27,28)9-12(35)3)18(39-20)14-10-32-16(8-13(14)19(25)26)33-15(5-2)24(29,30)31/h8,10,12,15,19H,4-7,9,11H2,1-3H3,(H,32,33)/t12-,15-/m0/s1. The largest absolute Gasteiger partial charge is 0.460 e. The Morgan fingerprint density at radius 2 is 1.97 bits per heavy atom. The Kier molecular flexibility index (Phi) is 9.44. The second-order valence-electron chi connectivity index (χ2n) is 9.13. The van der Waals surface area contributed by atoms with Crippen LogP contribution in [0, 0.1) is 0 Å². The van der Waals surface area contributed by atoms with Gasteiger partial charge in [-0.15, -0.1) is 11.3 Å². The number of alkyl halides is 7. The molecule has 15 heteroatoms. The van der Waals surface area contributed by atoms with Crippen molar-refractivity contribution in [3.05, 3.63) is 28.5 Å². The number of likely N-dealkylation sites (tertiary alicyclic amines) is 1. The summed E-state index contributed by atoms with van der Waals surface area (Å²) in [4.78, 5) is 34.2. The van der Waals surface area contributed by atoms with Gasteiger partial charge < -0.3 is 15.0 Å². The quantitative estimate of drug-likeness (QED) is 0.190. The number of esters is 1. The minimum absolute atomic E-state index is 0.0327. The Morgan fingerprint density at radius 1 is 1.28 bits per heavy atom. The molecule has 39 heavy (non-hydrogen) atoms. The summed E-state index contributed by atoms with van der Waals surface area (Å²) >= 11 is 0.533. The second kappa shape index (κ2) is 12.0. The van der Waals surface area contributed by atoms with Crippen molar-refractivity contribution in [1.29, 1.82) is 0 Å². The molecule has 3 rings (SSSR count). The number of halogens is 7. The number of ether oxygens (including phenoxy) is 1. The summed E-state index contributed by atoms with van der Waals surface area (Å²) in [5, 5.41) is 1.71. The van der Waals surface area contributed by atoms with E-state index in [2.05, 4.69) is 15.3 Å². The maximum atomic E-state index is 14.1. The van der Waals surface area contributed by atoms with Gasteiger partial charge in [-0.25, -0.2) is 32.3 Å². The average Bonchev–Trinajstić information content (AvgIpc) is 3.41. The molecule has 0 spiro atoms. The summed E-state index contributed by atoms with van der Waals surface area (Å²) in [5.74, 6) is -5.61. The number of nitrogens with one attached hydrogen (secondary N) is 1. The van der Waals surface area contributed by atoms with Crippen LogP contribution in [0.2, 0.25) is 0 Å². The Hall–Kier alpha value is -2.97. The first-order chi connectivity index (χ1) is 18.2. The molecule has 2 aromatic heterocycles. The Labute approximate surface area is 223 Å².